The summed E-state index contributed by atoms with van der Waals surface area (Å²) in [6, 6.07) is 5.95. The smallest absolute Gasteiger partial charge is 0.253 e. The SMILES string of the molecule is C[C@@H](NC(=O)C1CCN(C(=O)c2ccc(F)cc2)CC1)C12CC3CC(CC(C3)C1)C2. The molecule has 1 N–H and O–H groups in total. The van der Waals surface area contributed by atoms with Crippen LogP contribution in [-0.4, -0.2) is 35.8 Å². The van der Waals surface area contributed by atoms with Crippen molar-refractivity contribution in [1.82, 2.24) is 10.2 Å². The maximum absolute atomic E-state index is 13.1. The van der Waals surface area contributed by atoms with E-state index in [4.69, 9.17) is 0 Å². The Morgan fingerprint density at radius 1 is 1.00 bits per heavy atom. The maximum atomic E-state index is 13.1. The van der Waals surface area contributed by atoms with Crippen molar-refractivity contribution >= 4 is 11.8 Å². The Balaban J connectivity index is 1.15. The fraction of sp³-hybridized carbons (Fsp3) is 0.680. The summed E-state index contributed by atoms with van der Waals surface area (Å²) in [6.45, 7) is 3.40. The van der Waals surface area contributed by atoms with Gasteiger partial charge in [-0.2, -0.15) is 0 Å². The minimum Gasteiger partial charge on any atom is -0.353 e. The Kier molecular flexibility index (Phi) is 5.11. The lowest BCUT2D eigenvalue weighted by Crippen LogP contribution is -2.56. The molecule has 4 saturated carbocycles. The summed E-state index contributed by atoms with van der Waals surface area (Å²) >= 11 is 0. The predicted molar refractivity (Wildman–Crippen MR) is 113 cm³/mol. The van der Waals surface area contributed by atoms with Crippen molar-refractivity contribution in [1.29, 1.82) is 0 Å². The third kappa shape index (κ3) is 3.65. The molecule has 4 nitrogen and oxygen atoms in total. The summed E-state index contributed by atoms with van der Waals surface area (Å²) in [6.07, 6.45) is 9.54. The number of nitrogens with one attached hydrogen (secondary N) is 1. The van der Waals surface area contributed by atoms with Crippen molar-refractivity contribution in [3.8, 4) is 0 Å². The van der Waals surface area contributed by atoms with E-state index in [0.717, 1.165) is 17.8 Å². The van der Waals surface area contributed by atoms with Crippen LogP contribution in [0.25, 0.3) is 0 Å². The molecule has 1 heterocycles. The molecule has 2 amide bonds. The molecule has 1 saturated heterocycles. The van der Waals surface area contributed by atoms with Crippen molar-refractivity contribution in [2.24, 2.45) is 29.1 Å². The molecule has 162 valence electrons. The van der Waals surface area contributed by atoms with Crippen LogP contribution in [-0.2, 0) is 4.79 Å². The van der Waals surface area contributed by atoms with Gasteiger partial charge in [-0.25, -0.2) is 4.39 Å². The third-order valence-electron chi connectivity index (χ3n) is 8.61. The average molecular weight is 413 g/mol. The molecule has 0 radical (unpaired) electrons. The standard InChI is InChI=1S/C25H33FN2O2/c1-16(25-13-17-10-18(14-25)12-19(11-17)15-25)27-23(29)20-6-8-28(9-7-20)24(30)21-2-4-22(26)5-3-21/h2-5,16-20H,6-15H2,1H3,(H,27,29)/t16-,17?,18?,19?,25?/m1/s1. The lowest BCUT2D eigenvalue weighted by molar-refractivity contribution is -0.131. The van der Waals surface area contributed by atoms with Crippen LogP contribution < -0.4 is 5.32 Å². The van der Waals surface area contributed by atoms with E-state index in [0.29, 0.717) is 36.9 Å². The second-order valence-corrected chi connectivity index (χ2v) is 10.6. The van der Waals surface area contributed by atoms with E-state index in [1.54, 1.807) is 4.90 Å². The summed E-state index contributed by atoms with van der Waals surface area (Å²) in [7, 11) is 0. The normalized spacial score (nSPS) is 34.1. The molecule has 30 heavy (non-hydrogen) atoms. The third-order valence-corrected chi connectivity index (χ3v) is 8.61. The van der Waals surface area contributed by atoms with Gasteiger partial charge in [0.05, 0.1) is 0 Å². The first-order valence-electron chi connectivity index (χ1n) is 11.8. The minimum atomic E-state index is -0.338. The van der Waals surface area contributed by atoms with E-state index in [1.165, 1.54) is 62.8 Å². The fourth-order valence-electron chi connectivity index (χ4n) is 7.31. The first-order valence-corrected chi connectivity index (χ1v) is 11.8. The molecule has 0 unspecified atom stereocenters. The molecule has 1 atom stereocenters. The molecule has 5 aliphatic rings. The van der Waals surface area contributed by atoms with Gasteiger partial charge in [0, 0.05) is 30.6 Å². The van der Waals surface area contributed by atoms with Crippen LogP contribution in [0.15, 0.2) is 24.3 Å². The van der Waals surface area contributed by atoms with Crippen LogP contribution in [0.1, 0.15) is 68.6 Å². The maximum Gasteiger partial charge on any atom is 0.253 e. The average Bonchev–Trinajstić information content (AvgIpc) is 2.73. The zero-order valence-electron chi connectivity index (χ0n) is 17.9. The van der Waals surface area contributed by atoms with E-state index >= 15 is 0 Å². The molecule has 0 spiro atoms. The molecule has 1 aliphatic heterocycles. The van der Waals surface area contributed by atoms with Gasteiger partial charge in [0.25, 0.3) is 5.91 Å². The molecule has 6 rings (SSSR count). The fourth-order valence-corrected chi connectivity index (χ4v) is 7.31. The van der Waals surface area contributed by atoms with Crippen LogP contribution in [0.2, 0.25) is 0 Å². The van der Waals surface area contributed by atoms with Gasteiger partial charge in [0.15, 0.2) is 0 Å². The number of amides is 2. The lowest BCUT2D eigenvalue weighted by Gasteiger charge is -2.59. The van der Waals surface area contributed by atoms with Crippen molar-refractivity contribution < 1.29 is 14.0 Å². The highest BCUT2D eigenvalue weighted by molar-refractivity contribution is 5.94. The van der Waals surface area contributed by atoms with Crippen molar-refractivity contribution in [3.05, 3.63) is 35.6 Å². The van der Waals surface area contributed by atoms with Gasteiger partial charge in [0.1, 0.15) is 5.82 Å². The highest BCUT2D eigenvalue weighted by Gasteiger charge is 2.53. The van der Waals surface area contributed by atoms with E-state index < -0.39 is 0 Å². The van der Waals surface area contributed by atoms with E-state index in [9.17, 15) is 14.0 Å². The van der Waals surface area contributed by atoms with Gasteiger partial charge in [-0.05, 0) is 106 Å². The zero-order valence-corrected chi connectivity index (χ0v) is 17.9. The van der Waals surface area contributed by atoms with Gasteiger partial charge in [-0.3, -0.25) is 9.59 Å². The summed E-state index contributed by atoms with van der Waals surface area (Å²) in [5, 5.41) is 3.40. The summed E-state index contributed by atoms with van der Waals surface area (Å²) < 4.78 is 13.1. The number of hydrogen-bond acceptors (Lipinski definition) is 2. The molecule has 4 aliphatic carbocycles. The number of carbonyl (C=O) groups is 2. The number of benzene rings is 1. The summed E-state index contributed by atoms with van der Waals surface area (Å²) in [5.74, 6) is 2.40. The van der Waals surface area contributed by atoms with Crippen LogP contribution in [0.5, 0.6) is 0 Å². The minimum absolute atomic E-state index is 0.0152. The Morgan fingerprint density at radius 2 is 1.53 bits per heavy atom. The molecular formula is C25H33FN2O2. The number of halogens is 1. The molecular weight excluding hydrogens is 379 g/mol. The largest absolute Gasteiger partial charge is 0.353 e. The Morgan fingerprint density at radius 3 is 2.07 bits per heavy atom. The summed E-state index contributed by atoms with van der Waals surface area (Å²) in [4.78, 5) is 27.4. The molecule has 1 aromatic carbocycles. The van der Waals surface area contributed by atoms with Crippen LogP contribution in [0.4, 0.5) is 4.39 Å². The lowest BCUT2D eigenvalue weighted by atomic mass is 9.48. The van der Waals surface area contributed by atoms with Gasteiger partial charge in [-0.1, -0.05) is 0 Å². The second-order valence-electron chi connectivity index (χ2n) is 10.6. The Labute approximate surface area is 178 Å². The molecule has 4 bridgehead atoms. The number of hydrogen-bond donors (Lipinski definition) is 1. The van der Waals surface area contributed by atoms with Crippen LogP contribution >= 0.6 is 0 Å². The van der Waals surface area contributed by atoms with Crippen LogP contribution in [0.3, 0.4) is 0 Å². The quantitative estimate of drug-likeness (QED) is 0.797. The first kappa shape index (κ1) is 20.0. The number of carbonyl (C=O) groups excluding carboxylic acids is 2. The van der Waals surface area contributed by atoms with Gasteiger partial charge < -0.3 is 10.2 Å². The van der Waals surface area contributed by atoms with E-state index in [2.05, 4.69) is 12.2 Å². The highest BCUT2D eigenvalue weighted by Crippen LogP contribution is 2.61. The van der Waals surface area contributed by atoms with Gasteiger partial charge >= 0.3 is 0 Å². The number of piperidine rings is 1. The van der Waals surface area contributed by atoms with Gasteiger partial charge in [0.2, 0.25) is 5.91 Å². The van der Waals surface area contributed by atoms with Crippen molar-refractivity contribution in [2.45, 2.75) is 64.3 Å². The first-order chi connectivity index (χ1) is 14.4. The second kappa shape index (κ2) is 7.65. The molecule has 5 heteroatoms. The van der Waals surface area contributed by atoms with Crippen molar-refractivity contribution in [3.63, 3.8) is 0 Å². The van der Waals surface area contributed by atoms with E-state index in [1.807, 2.05) is 0 Å². The van der Waals surface area contributed by atoms with Crippen molar-refractivity contribution in [2.75, 3.05) is 13.1 Å². The Bertz CT molecular complexity index is 778. The summed E-state index contributed by atoms with van der Waals surface area (Å²) in [5.41, 5.74) is 0.832. The number of rotatable bonds is 4. The Hall–Kier alpha value is -1.91. The molecule has 0 aromatic heterocycles. The topological polar surface area (TPSA) is 49.4 Å². The number of likely N-dealkylation sites (tertiary alicyclic amines) is 1. The highest BCUT2D eigenvalue weighted by atomic mass is 19.1. The number of nitrogens with zero attached hydrogens (tertiary/aromatic N) is 1. The molecule has 5 fully saturated rings. The molecule has 1 aromatic rings. The monoisotopic (exact) mass is 412 g/mol. The van der Waals surface area contributed by atoms with E-state index in [-0.39, 0.29) is 29.6 Å². The van der Waals surface area contributed by atoms with Gasteiger partial charge in [-0.15, -0.1) is 0 Å². The predicted octanol–water partition coefficient (Wildman–Crippen LogP) is 4.40. The van der Waals surface area contributed by atoms with Crippen LogP contribution in [0, 0.1) is 34.9 Å². The zero-order chi connectivity index (χ0) is 20.9.